The molecule has 1 heterocycles. The smallest absolute Gasteiger partial charge is 0.300 e. The maximum atomic E-state index is 13.3. The maximum Gasteiger partial charge on any atom is 0.300 e. The molecule has 3 aromatic rings. The number of aliphatic hydroxyl groups excluding tert-OH is 1. The molecule has 0 saturated carbocycles. The number of Topliss-reactive ketones (excluding diaryl/α,β-unsaturated/α-hetero) is 1. The topological polar surface area (TPSA) is 119 Å². The summed E-state index contributed by atoms with van der Waals surface area (Å²) in [6.45, 7) is 4.12. The van der Waals surface area contributed by atoms with Gasteiger partial charge in [-0.3, -0.25) is 24.6 Å². The summed E-state index contributed by atoms with van der Waals surface area (Å²) < 4.78 is 11.1. The Bertz CT molecular complexity index is 1380. The molecule has 1 saturated heterocycles. The fourth-order valence-electron chi connectivity index (χ4n) is 4.22. The summed E-state index contributed by atoms with van der Waals surface area (Å²) in [5.74, 6) is -1.21. The number of nitro benzene ring substituents is 1. The molecule has 9 nitrogen and oxygen atoms in total. The van der Waals surface area contributed by atoms with E-state index < -0.39 is 28.4 Å². The minimum absolute atomic E-state index is 0.137. The molecule has 1 aliphatic rings. The third-order valence-electron chi connectivity index (χ3n) is 5.88. The Kier molecular flexibility index (Phi) is 6.73. The number of amides is 1. The number of hydrogen-bond acceptors (Lipinski definition) is 7. The van der Waals surface area contributed by atoms with Crippen molar-refractivity contribution >= 4 is 28.8 Å². The number of rotatable bonds is 7. The van der Waals surface area contributed by atoms with Gasteiger partial charge in [0.1, 0.15) is 5.76 Å². The first-order chi connectivity index (χ1) is 17.3. The van der Waals surface area contributed by atoms with Crippen LogP contribution in [0.15, 0.2) is 72.3 Å². The minimum Gasteiger partial charge on any atom is -0.507 e. The molecule has 1 unspecified atom stereocenters. The Morgan fingerprint density at radius 3 is 2.39 bits per heavy atom. The molecule has 36 heavy (non-hydrogen) atoms. The summed E-state index contributed by atoms with van der Waals surface area (Å²) in [6.07, 6.45) is 0. The number of nitrogens with zero attached hydrogens (tertiary/aromatic N) is 2. The molecule has 1 N–H and O–H groups in total. The predicted octanol–water partition coefficient (Wildman–Crippen LogP) is 4.94. The molecule has 0 aliphatic carbocycles. The minimum atomic E-state index is -0.980. The lowest BCUT2D eigenvalue weighted by Gasteiger charge is -2.26. The zero-order valence-corrected chi connectivity index (χ0v) is 19.9. The number of benzene rings is 3. The summed E-state index contributed by atoms with van der Waals surface area (Å²) in [5.41, 5.74) is 1.75. The molecule has 1 fully saturated rings. The number of aryl methyl sites for hydroxylation is 1. The molecule has 1 aliphatic heterocycles. The van der Waals surface area contributed by atoms with Crippen molar-refractivity contribution in [2.24, 2.45) is 0 Å². The normalized spacial score (nSPS) is 16.8. The maximum absolute atomic E-state index is 13.3. The van der Waals surface area contributed by atoms with Crippen LogP contribution in [0.25, 0.3) is 5.76 Å². The molecule has 0 spiro atoms. The molecule has 0 aromatic heterocycles. The Morgan fingerprint density at radius 1 is 1.06 bits per heavy atom. The van der Waals surface area contributed by atoms with Gasteiger partial charge in [0.2, 0.25) is 0 Å². The third-order valence-corrected chi connectivity index (χ3v) is 5.88. The van der Waals surface area contributed by atoms with Crippen LogP contribution in [0.1, 0.15) is 29.7 Å². The van der Waals surface area contributed by atoms with E-state index in [1.54, 1.807) is 36.4 Å². The lowest BCUT2D eigenvalue weighted by atomic mass is 9.94. The van der Waals surface area contributed by atoms with Gasteiger partial charge in [-0.25, -0.2) is 0 Å². The highest BCUT2D eigenvalue weighted by Gasteiger charge is 2.47. The van der Waals surface area contributed by atoms with Crippen molar-refractivity contribution in [3.05, 3.63) is 99.1 Å². The van der Waals surface area contributed by atoms with Crippen LogP contribution < -0.4 is 14.4 Å². The first-order valence-corrected chi connectivity index (χ1v) is 11.2. The molecule has 1 amide bonds. The van der Waals surface area contributed by atoms with E-state index in [1.807, 2.05) is 19.9 Å². The number of methoxy groups -OCH3 is 1. The monoisotopic (exact) mass is 488 g/mol. The molecule has 3 aromatic carbocycles. The molecule has 1 atom stereocenters. The quantitative estimate of drug-likeness (QED) is 0.165. The van der Waals surface area contributed by atoms with Gasteiger partial charge in [-0.2, -0.15) is 0 Å². The van der Waals surface area contributed by atoms with Crippen LogP contribution in [0.3, 0.4) is 0 Å². The van der Waals surface area contributed by atoms with E-state index in [4.69, 9.17) is 9.47 Å². The Labute approximate surface area is 207 Å². The van der Waals surface area contributed by atoms with E-state index in [0.717, 1.165) is 5.56 Å². The number of ketones is 1. The second kappa shape index (κ2) is 9.91. The first kappa shape index (κ1) is 24.5. The number of carbonyl (C=O) groups is 2. The van der Waals surface area contributed by atoms with Crippen LogP contribution >= 0.6 is 0 Å². The van der Waals surface area contributed by atoms with Crippen molar-refractivity contribution < 1.29 is 29.1 Å². The number of carbonyl (C=O) groups excluding carboxylic acids is 2. The van der Waals surface area contributed by atoms with E-state index in [2.05, 4.69) is 0 Å². The van der Waals surface area contributed by atoms with E-state index in [9.17, 15) is 24.8 Å². The highest BCUT2D eigenvalue weighted by atomic mass is 16.6. The number of anilines is 1. The van der Waals surface area contributed by atoms with Gasteiger partial charge in [0, 0.05) is 23.4 Å². The second-order valence-corrected chi connectivity index (χ2v) is 8.16. The van der Waals surface area contributed by atoms with Crippen molar-refractivity contribution in [1.29, 1.82) is 0 Å². The predicted molar refractivity (Wildman–Crippen MR) is 133 cm³/mol. The van der Waals surface area contributed by atoms with E-state index in [0.29, 0.717) is 29.4 Å². The zero-order valence-electron chi connectivity index (χ0n) is 19.9. The van der Waals surface area contributed by atoms with Crippen molar-refractivity contribution in [2.45, 2.75) is 19.9 Å². The number of aliphatic hydroxyl groups is 1. The van der Waals surface area contributed by atoms with Crippen LogP contribution in [0.4, 0.5) is 11.4 Å². The largest absolute Gasteiger partial charge is 0.507 e. The summed E-state index contributed by atoms with van der Waals surface area (Å²) in [4.78, 5) is 38.4. The van der Waals surface area contributed by atoms with Crippen LogP contribution in [-0.2, 0) is 9.59 Å². The Hall–Kier alpha value is -4.66. The lowest BCUT2D eigenvalue weighted by Crippen LogP contribution is -2.29. The van der Waals surface area contributed by atoms with Gasteiger partial charge < -0.3 is 14.6 Å². The highest BCUT2D eigenvalue weighted by Crippen LogP contribution is 2.44. The van der Waals surface area contributed by atoms with Crippen molar-refractivity contribution in [3.8, 4) is 11.5 Å². The fraction of sp³-hybridized carbons (Fsp3) is 0.185. The molecule has 4 rings (SSSR count). The van der Waals surface area contributed by atoms with Crippen molar-refractivity contribution in [1.82, 2.24) is 0 Å². The summed E-state index contributed by atoms with van der Waals surface area (Å²) >= 11 is 0. The summed E-state index contributed by atoms with van der Waals surface area (Å²) in [5, 5.41) is 22.2. The first-order valence-electron chi connectivity index (χ1n) is 11.2. The molecular weight excluding hydrogens is 464 g/mol. The van der Waals surface area contributed by atoms with Gasteiger partial charge in [0.05, 0.1) is 30.3 Å². The zero-order chi connectivity index (χ0) is 26.0. The fourth-order valence-corrected chi connectivity index (χ4v) is 4.22. The van der Waals surface area contributed by atoms with Crippen molar-refractivity contribution in [2.75, 3.05) is 18.6 Å². The average molecular weight is 488 g/mol. The highest BCUT2D eigenvalue weighted by molar-refractivity contribution is 6.51. The standard InChI is InChI=1S/C27H24N2O7/c1-4-36-21-13-10-18(15-22(21)35-3)24-23(25(30)17-8-11-19(12-9-17)29(33)34)26(31)27(32)28(24)20-7-5-6-16(2)14-20/h5-15,24,30H,4H2,1-3H3/b25-23-. The Morgan fingerprint density at radius 2 is 1.78 bits per heavy atom. The molecule has 0 bridgehead atoms. The molecule has 184 valence electrons. The van der Waals surface area contributed by atoms with Crippen LogP contribution in [0.5, 0.6) is 11.5 Å². The molecular formula is C27H24N2O7. The van der Waals surface area contributed by atoms with Gasteiger partial charge >= 0.3 is 0 Å². The average Bonchev–Trinajstić information content (AvgIpc) is 3.14. The summed E-state index contributed by atoms with van der Waals surface area (Å²) in [6, 6.07) is 16.3. The number of nitro groups is 1. The van der Waals surface area contributed by atoms with E-state index >= 15 is 0 Å². The molecule has 9 heteroatoms. The number of hydrogen-bond donors (Lipinski definition) is 1. The number of ether oxygens (including phenoxy) is 2. The van der Waals surface area contributed by atoms with Gasteiger partial charge in [0.25, 0.3) is 17.4 Å². The van der Waals surface area contributed by atoms with Gasteiger partial charge in [-0.15, -0.1) is 0 Å². The van der Waals surface area contributed by atoms with E-state index in [1.165, 1.54) is 36.3 Å². The van der Waals surface area contributed by atoms with Gasteiger partial charge in [-0.1, -0.05) is 18.2 Å². The van der Waals surface area contributed by atoms with Gasteiger partial charge in [-0.05, 0) is 61.4 Å². The van der Waals surface area contributed by atoms with Crippen LogP contribution in [0.2, 0.25) is 0 Å². The summed E-state index contributed by atoms with van der Waals surface area (Å²) in [7, 11) is 1.48. The molecule has 0 radical (unpaired) electrons. The van der Waals surface area contributed by atoms with Gasteiger partial charge in [0.15, 0.2) is 11.5 Å². The number of non-ortho nitro benzene ring substituents is 1. The van der Waals surface area contributed by atoms with E-state index in [-0.39, 0.29) is 16.8 Å². The lowest BCUT2D eigenvalue weighted by molar-refractivity contribution is -0.384. The third kappa shape index (κ3) is 4.38. The van der Waals surface area contributed by atoms with Crippen molar-refractivity contribution in [3.63, 3.8) is 0 Å². The second-order valence-electron chi connectivity index (χ2n) is 8.16. The van der Waals surface area contributed by atoms with Crippen LogP contribution in [0, 0.1) is 17.0 Å². The Balaban J connectivity index is 1.94. The SMILES string of the molecule is CCOc1ccc(C2/C(=C(/O)c3ccc([N+](=O)[O-])cc3)C(=O)C(=O)N2c2cccc(C)c2)cc1OC. The van der Waals surface area contributed by atoms with Crippen LogP contribution in [-0.4, -0.2) is 35.4 Å².